The lowest BCUT2D eigenvalue weighted by Gasteiger charge is -2.16. The molecule has 0 atom stereocenters. The molecule has 2 N–H and O–H groups in total. The highest BCUT2D eigenvalue weighted by Crippen LogP contribution is 2.23. The van der Waals surface area contributed by atoms with Crippen molar-refractivity contribution < 1.29 is 9.47 Å². The zero-order valence-electron chi connectivity index (χ0n) is 16.2. The predicted octanol–water partition coefficient (Wildman–Crippen LogP) is 2.97. The molecule has 26 heavy (non-hydrogen) atoms. The molecule has 0 bridgehead atoms. The summed E-state index contributed by atoms with van der Waals surface area (Å²) in [5, 5.41) is 6.61. The number of pyridine rings is 1. The highest BCUT2D eigenvalue weighted by Gasteiger charge is 2.10. The Morgan fingerprint density at radius 3 is 2.58 bits per heavy atom. The number of aliphatic imine (C=N–C) groups is 1. The fraction of sp³-hybridized carbons (Fsp3) is 0.400. The molecule has 2 rings (SSSR count). The van der Waals surface area contributed by atoms with Gasteiger partial charge in [0.25, 0.3) is 0 Å². The third-order valence-electron chi connectivity index (χ3n) is 4.12. The maximum atomic E-state index is 5.66. The Morgan fingerprint density at radius 1 is 1.15 bits per heavy atom. The van der Waals surface area contributed by atoms with Gasteiger partial charge in [-0.2, -0.15) is 0 Å². The SMILES string of the molecule is CCOc1ccccc1CNC(=NC)NCc1ncc(C)c(OC)c1C. The Morgan fingerprint density at radius 2 is 1.88 bits per heavy atom. The molecule has 0 spiro atoms. The summed E-state index contributed by atoms with van der Waals surface area (Å²) in [5.41, 5.74) is 4.09. The van der Waals surface area contributed by atoms with E-state index in [0.29, 0.717) is 25.7 Å². The topological polar surface area (TPSA) is 67.8 Å². The van der Waals surface area contributed by atoms with E-state index in [-0.39, 0.29) is 0 Å². The number of ether oxygens (including phenoxy) is 2. The fourth-order valence-corrected chi connectivity index (χ4v) is 2.76. The molecule has 1 aromatic heterocycles. The van der Waals surface area contributed by atoms with E-state index < -0.39 is 0 Å². The van der Waals surface area contributed by atoms with Crippen LogP contribution in [0.25, 0.3) is 0 Å². The Labute approximate surface area is 155 Å². The van der Waals surface area contributed by atoms with E-state index in [0.717, 1.165) is 33.9 Å². The van der Waals surface area contributed by atoms with Gasteiger partial charge in [0, 0.05) is 36.5 Å². The first-order chi connectivity index (χ1) is 12.6. The molecule has 0 saturated carbocycles. The summed E-state index contributed by atoms with van der Waals surface area (Å²) in [4.78, 5) is 8.78. The van der Waals surface area contributed by atoms with Crippen LogP contribution in [0.3, 0.4) is 0 Å². The number of aromatic nitrogens is 1. The maximum Gasteiger partial charge on any atom is 0.191 e. The number of aryl methyl sites for hydroxylation is 1. The highest BCUT2D eigenvalue weighted by atomic mass is 16.5. The molecule has 1 aromatic carbocycles. The van der Waals surface area contributed by atoms with Crippen LogP contribution in [0.2, 0.25) is 0 Å². The molecule has 1 heterocycles. The molecule has 0 fully saturated rings. The van der Waals surface area contributed by atoms with Crippen LogP contribution in [-0.2, 0) is 13.1 Å². The number of methoxy groups -OCH3 is 1. The van der Waals surface area contributed by atoms with Gasteiger partial charge in [-0.05, 0) is 26.8 Å². The van der Waals surface area contributed by atoms with Crippen molar-refractivity contribution in [3.05, 3.63) is 52.8 Å². The molecule has 0 amide bonds. The molecule has 0 saturated heterocycles. The summed E-state index contributed by atoms with van der Waals surface area (Å²) in [5.74, 6) is 2.47. The standard InChI is InChI=1S/C20H28N4O2/c1-6-26-18-10-8-7-9-16(18)12-23-20(21-4)24-13-17-15(3)19(25-5)14(2)11-22-17/h7-11H,6,12-13H2,1-5H3,(H2,21,23,24). The number of hydrogen-bond acceptors (Lipinski definition) is 4. The van der Waals surface area contributed by atoms with Crippen molar-refractivity contribution in [2.24, 2.45) is 4.99 Å². The van der Waals surface area contributed by atoms with Gasteiger partial charge < -0.3 is 20.1 Å². The van der Waals surface area contributed by atoms with E-state index in [2.05, 4.69) is 20.6 Å². The summed E-state index contributed by atoms with van der Waals surface area (Å²) < 4.78 is 11.1. The van der Waals surface area contributed by atoms with Crippen LogP contribution >= 0.6 is 0 Å². The van der Waals surface area contributed by atoms with E-state index in [1.54, 1.807) is 14.2 Å². The number of benzene rings is 1. The van der Waals surface area contributed by atoms with Crippen molar-refractivity contribution in [2.75, 3.05) is 20.8 Å². The molecule has 140 valence electrons. The maximum absolute atomic E-state index is 5.66. The number of rotatable bonds is 7. The number of guanidine groups is 1. The van der Waals surface area contributed by atoms with Crippen LogP contribution in [0.15, 0.2) is 35.5 Å². The lowest BCUT2D eigenvalue weighted by molar-refractivity contribution is 0.336. The van der Waals surface area contributed by atoms with Crippen LogP contribution < -0.4 is 20.1 Å². The smallest absolute Gasteiger partial charge is 0.191 e. The molecule has 0 aliphatic heterocycles. The summed E-state index contributed by atoms with van der Waals surface area (Å²) >= 11 is 0. The second-order valence-corrected chi connectivity index (χ2v) is 5.87. The molecule has 0 radical (unpaired) electrons. The quantitative estimate of drug-likeness (QED) is 0.590. The van der Waals surface area contributed by atoms with E-state index in [9.17, 15) is 0 Å². The zero-order chi connectivity index (χ0) is 18.9. The van der Waals surface area contributed by atoms with Crippen LogP contribution in [0.4, 0.5) is 0 Å². The van der Waals surface area contributed by atoms with Gasteiger partial charge in [-0.1, -0.05) is 18.2 Å². The van der Waals surface area contributed by atoms with Crippen molar-refractivity contribution in [1.29, 1.82) is 0 Å². The molecular formula is C20H28N4O2. The normalized spacial score (nSPS) is 11.2. The fourth-order valence-electron chi connectivity index (χ4n) is 2.76. The molecule has 6 nitrogen and oxygen atoms in total. The molecular weight excluding hydrogens is 328 g/mol. The van der Waals surface area contributed by atoms with E-state index in [1.165, 1.54) is 0 Å². The minimum atomic E-state index is 0.565. The van der Waals surface area contributed by atoms with Gasteiger partial charge >= 0.3 is 0 Å². The first-order valence-corrected chi connectivity index (χ1v) is 8.75. The van der Waals surface area contributed by atoms with Crippen molar-refractivity contribution in [3.63, 3.8) is 0 Å². The lowest BCUT2D eigenvalue weighted by Crippen LogP contribution is -2.36. The van der Waals surface area contributed by atoms with Crippen LogP contribution in [0, 0.1) is 13.8 Å². The van der Waals surface area contributed by atoms with Crippen LogP contribution in [0.1, 0.15) is 29.3 Å². The van der Waals surface area contributed by atoms with Gasteiger partial charge in [-0.3, -0.25) is 9.98 Å². The molecule has 0 aliphatic rings. The molecule has 0 aliphatic carbocycles. The average Bonchev–Trinajstić information content (AvgIpc) is 2.65. The van der Waals surface area contributed by atoms with Crippen molar-refractivity contribution >= 4 is 5.96 Å². The largest absolute Gasteiger partial charge is 0.496 e. The Bertz CT molecular complexity index is 759. The van der Waals surface area contributed by atoms with Crippen LogP contribution in [-0.4, -0.2) is 31.7 Å². The van der Waals surface area contributed by atoms with E-state index in [4.69, 9.17) is 9.47 Å². The van der Waals surface area contributed by atoms with Crippen LogP contribution in [0.5, 0.6) is 11.5 Å². The minimum Gasteiger partial charge on any atom is -0.496 e. The third-order valence-corrected chi connectivity index (χ3v) is 4.12. The number of para-hydroxylation sites is 1. The second kappa shape index (κ2) is 9.65. The van der Waals surface area contributed by atoms with Gasteiger partial charge in [-0.15, -0.1) is 0 Å². The third kappa shape index (κ3) is 4.88. The predicted molar refractivity (Wildman–Crippen MR) is 105 cm³/mol. The summed E-state index contributed by atoms with van der Waals surface area (Å²) in [6.45, 7) is 7.82. The first kappa shape index (κ1) is 19.6. The molecule has 0 unspecified atom stereocenters. The van der Waals surface area contributed by atoms with E-state index >= 15 is 0 Å². The average molecular weight is 356 g/mol. The second-order valence-electron chi connectivity index (χ2n) is 5.87. The summed E-state index contributed by atoms with van der Waals surface area (Å²) in [6.07, 6.45) is 1.83. The Balaban J connectivity index is 1.99. The lowest BCUT2D eigenvalue weighted by atomic mass is 10.1. The van der Waals surface area contributed by atoms with Gasteiger partial charge in [0.2, 0.25) is 0 Å². The summed E-state index contributed by atoms with van der Waals surface area (Å²) in [7, 11) is 3.43. The monoisotopic (exact) mass is 356 g/mol. The minimum absolute atomic E-state index is 0.565. The van der Waals surface area contributed by atoms with Crippen molar-refractivity contribution in [1.82, 2.24) is 15.6 Å². The first-order valence-electron chi connectivity index (χ1n) is 8.75. The van der Waals surface area contributed by atoms with Crippen molar-refractivity contribution in [2.45, 2.75) is 33.9 Å². The number of nitrogens with zero attached hydrogens (tertiary/aromatic N) is 2. The van der Waals surface area contributed by atoms with Gasteiger partial charge in [0.15, 0.2) is 5.96 Å². The Hall–Kier alpha value is -2.76. The molecule has 2 aromatic rings. The highest BCUT2D eigenvalue weighted by molar-refractivity contribution is 5.79. The van der Waals surface area contributed by atoms with E-state index in [1.807, 2.05) is 51.2 Å². The molecule has 6 heteroatoms. The Kier molecular flexibility index (Phi) is 7.26. The number of nitrogens with one attached hydrogen (secondary N) is 2. The van der Waals surface area contributed by atoms with Crippen molar-refractivity contribution in [3.8, 4) is 11.5 Å². The summed E-state index contributed by atoms with van der Waals surface area (Å²) in [6, 6.07) is 7.99. The van der Waals surface area contributed by atoms with Gasteiger partial charge in [0.05, 0.1) is 26.0 Å². The van der Waals surface area contributed by atoms with Gasteiger partial charge in [-0.25, -0.2) is 0 Å². The number of hydrogen-bond donors (Lipinski definition) is 2. The zero-order valence-corrected chi connectivity index (χ0v) is 16.2. The van der Waals surface area contributed by atoms with Gasteiger partial charge in [0.1, 0.15) is 11.5 Å².